The second kappa shape index (κ2) is 5.53. The molecule has 0 saturated heterocycles. The van der Waals surface area contributed by atoms with Gasteiger partial charge in [0.1, 0.15) is 17.4 Å². The van der Waals surface area contributed by atoms with Crippen LogP contribution in [0.1, 0.15) is 25.3 Å². The number of furan rings is 1. The molecule has 0 N–H and O–H groups in total. The number of amides is 2. The number of hydrogen-bond acceptors (Lipinski definition) is 4. The first-order valence-corrected chi connectivity index (χ1v) is 7.64. The fourth-order valence-electron chi connectivity index (χ4n) is 2.89. The fraction of sp³-hybridized carbons (Fsp3) is 0.278. The van der Waals surface area contributed by atoms with Crippen molar-refractivity contribution in [3.05, 3.63) is 40.3 Å². The van der Waals surface area contributed by atoms with E-state index in [-0.39, 0.29) is 12.1 Å². The summed E-state index contributed by atoms with van der Waals surface area (Å²) < 4.78 is 7.77. The maximum absolute atomic E-state index is 12.6. The monoisotopic (exact) mass is 323 g/mol. The quantitative estimate of drug-likeness (QED) is 0.629. The number of carbonyl (C=O) groups excluding carboxylic acids is 2. The lowest BCUT2D eigenvalue weighted by molar-refractivity contribution is -0.140. The molecule has 6 nitrogen and oxygen atoms in total. The number of fused-ring (bicyclic) bond motifs is 1. The Morgan fingerprint density at radius 2 is 1.96 bits per heavy atom. The molecule has 0 atom stereocenters. The van der Waals surface area contributed by atoms with Crippen molar-refractivity contribution in [3.8, 4) is 6.07 Å². The molecule has 2 amide bonds. The number of likely N-dealkylation sites (N-methyl/N-ethyl adjacent to an activating group) is 1. The molecule has 0 radical (unpaired) electrons. The molecule has 24 heavy (non-hydrogen) atoms. The van der Waals surface area contributed by atoms with Gasteiger partial charge in [-0.15, -0.1) is 0 Å². The summed E-state index contributed by atoms with van der Waals surface area (Å²) in [6.45, 7) is 5.51. The number of nitrogens with zero attached hydrogens (tertiary/aromatic N) is 3. The summed E-state index contributed by atoms with van der Waals surface area (Å²) in [7, 11) is 1.94. The molecule has 1 aliphatic heterocycles. The minimum Gasteiger partial charge on any atom is -0.455 e. The third kappa shape index (κ3) is 2.17. The van der Waals surface area contributed by atoms with Gasteiger partial charge in [-0.2, -0.15) is 5.26 Å². The summed E-state index contributed by atoms with van der Waals surface area (Å²) in [5.41, 5.74) is 3.42. The first-order valence-electron chi connectivity index (χ1n) is 7.64. The lowest BCUT2D eigenvalue weighted by Gasteiger charge is -2.25. The van der Waals surface area contributed by atoms with E-state index >= 15 is 0 Å². The largest absolute Gasteiger partial charge is 0.455 e. The first-order chi connectivity index (χ1) is 11.4. The predicted molar refractivity (Wildman–Crippen MR) is 88.6 cm³/mol. The van der Waals surface area contributed by atoms with Gasteiger partial charge in [0.05, 0.1) is 5.52 Å². The molecule has 0 aliphatic carbocycles. The fourth-order valence-corrected chi connectivity index (χ4v) is 2.89. The average molecular weight is 323 g/mol. The van der Waals surface area contributed by atoms with Crippen LogP contribution in [0.25, 0.3) is 17.2 Å². The van der Waals surface area contributed by atoms with Gasteiger partial charge in [-0.3, -0.25) is 14.5 Å². The minimum absolute atomic E-state index is 0.00495. The van der Waals surface area contributed by atoms with Gasteiger partial charge in [-0.05, 0) is 32.4 Å². The molecule has 0 aromatic carbocycles. The maximum atomic E-state index is 12.6. The van der Waals surface area contributed by atoms with Crippen molar-refractivity contribution in [2.75, 3.05) is 6.54 Å². The van der Waals surface area contributed by atoms with E-state index in [1.807, 2.05) is 36.7 Å². The molecule has 0 bridgehead atoms. The van der Waals surface area contributed by atoms with Gasteiger partial charge in [-0.25, -0.2) is 0 Å². The topological polar surface area (TPSA) is 79.2 Å². The molecule has 6 heteroatoms. The molecule has 3 heterocycles. The molecule has 2 aromatic rings. The SMILES string of the molecule is CCN1C(=O)C(C#N)=C(C)/C(=C/c2cc3c(cc(C)n3C)o2)C1=O. The van der Waals surface area contributed by atoms with Gasteiger partial charge in [0.25, 0.3) is 11.8 Å². The van der Waals surface area contributed by atoms with Crippen molar-refractivity contribution in [2.24, 2.45) is 7.05 Å². The Bertz CT molecular complexity index is 979. The lowest BCUT2D eigenvalue weighted by Crippen LogP contribution is -2.42. The Morgan fingerprint density at radius 1 is 1.25 bits per heavy atom. The molecule has 0 fully saturated rings. The number of aryl methyl sites for hydroxylation is 2. The normalized spacial score (nSPS) is 17.3. The van der Waals surface area contributed by atoms with E-state index in [1.54, 1.807) is 19.9 Å². The summed E-state index contributed by atoms with van der Waals surface area (Å²) in [5, 5.41) is 9.24. The highest BCUT2D eigenvalue weighted by molar-refractivity contribution is 6.19. The number of carbonyl (C=O) groups is 2. The highest BCUT2D eigenvalue weighted by Gasteiger charge is 2.34. The van der Waals surface area contributed by atoms with Gasteiger partial charge < -0.3 is 8.98 Å². The van der Waals surface area contributed by atoms with Gasteiger partial charge in [-0.1, -0.05) is 0 Å². The Kier molecular flexibility index (Phi) is 3.64. The van der Waals surface area contributed by atoms with E-state index in [0.29, 0.717) is 16.9 Å². The van der Waals surface area contributed by atoms with Gasteiger partial charge in [0, 0.05) is 37.0 Å². The molecule has 122 valence electrons. The highest BCUT2D eigenvalue weighted by atomic mass is 16.3. The highest BCUT2D eigenvalue weighted by Crippen LogP contribution is 2.29. The van der Waals surface area contributed by atoms with E-state index in [0.717, 1.165) is 21.7 Å². The standard InChI is InChI=1S/C18H17N3O3/c1-5-21-17(22)13(11(3)14(9-19)18(21)23)7-12-8-15-16(24-12)6-10(2)20(15)4/h6-8H,5H2,1-4H3/b13-7-. The second-order valence-corrected chi connectivity index (χ2v) is 5.77. The van der Waals surface area contributed by atoms with E-state index in [1.165, 1.54) is 0 Å². The predicted octanol–water partition coefficient (Wildman–Crippen LogP) is 2.69. The van der Waals surface area contributed by atoms with Crippen LogP contribution in [0.5, 0.6) is 0 Å². The Labute approximate surface area is 139 Å². The van der Waals surface area contributed by atoms with Gasteiger partial charge >= 0.3 is 0 Å². The van der Waals surface area contributed by atoms with Crippen molar-refractivity contribution in [3.63, 3.8) is 0 Å². The summed E-state index contributed by atoms with van der Waals surface area (Å²) in [6.07, 6.45) is 1.60. The second-order valence-electron chi connectivity index (χ2n) is 5.77. The third-order valence-corrected chi connectivity index (χ3v) is 4.42. The third-order valence-electron chi connectivity index (χ3n) is 4.42. The maximum Gasteiger partial charge on any atom is 0.271 e. The zero-order valence-electron chi connectivity index (χ0n) is 14.0. The Hall–Kier alpha value is -3.07. The van der Waals surface area contributed by atoms with Crippen LogP contribution in [0, 0.1) is 18.3 Å². The van der Waals surface area contributed by atoms with E-state index < -0.39 is 11.8 Å². The zero-order valence-corrected chi connectivity index (χ0v) is 14.0. The van der Waals surface area contributed by atoms with Crippen molar-refractivity contribution in [1.29, 1.82) is 5.26 Å². The lowest BCUT2D eigenvalue weighted by atomic mass is 9.95. The number of rotatable bonds is 2. The van der Waals surface area contributed by atoms with Crippen molar-refractivity contribution >= 4 is 29.0 Å². The van der Waals surface area contributed by atoms with Gasteiger partial charge in [0.15, 0.2) is 5.58 Å². The van der Waals surface area contributed by atoms with E-state index in [2.05, 4.69) is 0 Å². The molecule has 2 aromatic heterocycles. The molecule has 0 saturated carbocycles. The molecular formula is C18H17N3O3. The number of aromatic nitrogens is 1. The van der Waals surface area contributed by atoms with Crippen LogP contribution in [-0.4, -0.2) is 27.8 Å². The van der Waals surface area contributed by atoms with Crippen LogP contribution in [-0.2, 0) is 16.6 Å². The van der Waals surface area contributed by atoms with Crippen LogP contribution < -0.4 is 0 Å². The smallest absolute Gasteiger partial charge is 0.271 e. The van der Waals surface area contributed by atoms with Crippen molar-refractivity contribution in [2.45, 2.75) is 20.8 Å². The summed E-state index contributed by atoms with van der Waals surface area (Å²) in [4.78, 5) is 25.8. The van der Waals surface area contributed by atoms with Crippen molar-refractivity contribution in [1.82, 2.24) is 9.47 Å². The first kappa shape index (κ1) is 15.8. The zero-order chi connectivity index (χ0) is 17.6. The number of imide groups is 1. The molecular weight excluding hydrogens is 306 g/mol. The average Bonchev–Trinajstić information content (AvgIpc) is 3.04. The van der Waals surface area contributed by atoms with E-state index in [4.69, 9.17) is 4.42 Å². The number of hydrogen-bond donors (Lipinski definition) is 0. The summed E-state index contributed by atoms with van der Waals surface area (Å²) in [5.74, 6) is -0.434. The van der Waals surface area contributed by atoms with Crippen LogP contribution in [0.4, 0.5) is 0 Å². The van der Waals surface area contributed by atoms with E-state index in [9.17, 15) is 14.9 Å². The molecule has 1 aliphatic rings. The Morgan fingerprint density at radius 3 is 2.54 bits per heavy atom. The van der Waals surface area contributed by atoms with Crippen LogP contribution in [0.15, 0.2) is 33.3 Å². The van der Waals surface area contributed by atoms with Crippen LogP contribution in [0.2, 0.25) is 0 Å². The van der Waals surface area contributed by atoms with Crippen molar-refractivity contribution < 1.29 is 14.0 Å². The minimum atomic E-state index is -0.542. The van der Waals surface area contributed by atoms with Crippen LogP contribution in [0.3, 0.4) is 0 Å². The molecule has 0 unspecified atom stereocenters. The number of nitriles is 1. The molecule has 0 spiro atoms. The van der Waals surface area contributed by atoms with Crippen LogP contribution >= 0.6 is 0 Å². The summed E-state index contributed by atoms with van der Waals surface area (Å²) >= 11 is 0. The molecule has 3 rings (SSSR count). The summed E-state index contributed by atoms with van der Waals surface area (Å²) in [6, 6.07) is 5.67. The van der Waals surface area contributed by atoms with Gasteiger partial charge in [0.2, 0.25) is 0 Å². The Balaban J connectivity index is 2.15.